The summed E-state index contributed by atoms with van der Waals surface area (Å²) in [5.74, 6) is -3.36. The lowest BCUT2D eigenvalue weighted by Crippen LogP contribution is -2.40. The summed E-state index contributed by atoms with van der Waals surface area (Å²) in [5.41, 5.74) is 2.66. The number of carbonyl (C=O) groups is 1. The van der Waals surface area contributed by atoms with Crippen LogP contribution in [-0.4, -0.2) is 26.5 Å². The smallest absolute Gasteiger partial charge is 0.249 e. The Morgan fingerprint density at radius 3 is 2.68 bits per heavy atom. The molecule has 4 rings (SSSR count). The minimum absolute atomic E-state index is 0.105. The number of fused-ring (bicyclic) bond motifs is 1. The number of aryl methyl sites for hydroxylation is 1. The van der Waals surface area contributed by atoms with E-state index in [1.54, 1.807) is 17.1 Å². The van der Waals surface area contributed by atoms with Gasteiger partial charge in [0.15, 0.2) is 0 Å². The minimum Gasteiger partial charge on any atom is -0.299 e. The summed E-state index contributed by atoms with van der Waals surface area (Å²) in [6, 6.07) is 7.87. The Morgan fingerprint density at radius 2 is 2.00 bits per heavy atom. The fourth-order valence-electron chi connectivity index (χ4n) is 3.24. The van der Waals surface area contributed by atoms with E-state index < -0.39 is 11.8 Å². The second-order valence-electron chi connectivity index (χ2n) is 6.74. The van der Waals surface area contributed by atoms with Crippen molar-refractivity contribution in [3.05, 3.63) is 48.5 Å². The third-order valence-electron chi connectivity index (χ3n) is 4.72. The SMILES string of the molecule is Cn1cc(-c2ccc3cnc(CC(=O)C4CC(F)(F)C4)cc3c2)cn1. The number of carbonyl (C=O) groups excluding carboxylic acids is 1. The second-order valence-corrected chi connectivity index (χ2v) is 6.74. The molecule has 6 heteroatoms. The largest absolute Gasteiger partial charge is 0.299 e. The molecule has 0 unspecified atom stereocenters. The number of hydrogen-bond acceptors (Lipinski definition) is 3. The lowest BCUT2D eigenvalue weighted by Gasteiger charge is -2.33. The number of alkyl halides is 2. The molecule has 0 bridgehead atoms. The van der Waals surface area contributed by atoms with E-state index in [9.17, 15) is 13.6 Å². The van der Waals surface area contributed by atoms with Gasteiger partial charge in [-0.25, -0.2) is 8.78 Å². The average Bonchev–Trinajstić information content (AvgIpc) is 2.98. The molecule has 0 spiro atoms. The highest BCUT2D eigenvalue weighted by molar-refractivity contribution is 5.89. The van der Waals surface area contributed by atoms with Gasteiger partial charge >= 0.3 is 0 Å². The van der Waals surface area contributed by atoms with Crippen LogP contribution in [0.25, 0.3) is 21.9 Å². The van der Waals surface area contributed by atoms with Gasteiger partial charge in [0.05, 0.1) is 6.20 Å². The van der Waals surface area contributed by atoms with Gasteiger partial charge in [-0.15, -0.1) is 0 Å². The summed E-state index contributed by atoms with van der Waals surface area (Å²) in [7, 11) is 1.86. The number of nitrogens with zero attached hydrogens (tertiary/aromatic N) is 3. The van der Waals surface area contributed by atoms with Crippen LogP contribution in [0, 0.1) is 5.92 Å². The average molecular weight is 341 g/mol. The van der Waals surface area contributed by atoms with E-state index in [1.807, 2.05) is 37.5 Å². The molecule has 4 nitrogen and oxygen atoms in total. The number of aromatic nitrogens is 3. The Kier molecular flexibility index (Phi) is 3.63. The van der Waals surface area contributed by atoms with E-state index in [0.717, 1.165) is 21.9 Å². The number of halogens is 2. The molecule has 1 aliphatic rings. The number of hydrogen-bond donors (Lipinski definition) is 0. The molecular formula is C19H17F2N3O. The monoisotopic (exact) mass is 341 g/mol. The molecular weight excluding hydrogens is 324 g/mol. The number of ketones is 1. The summed E-state index contributed by atoms with van der Waals surface area (Å²) < 4.78 is 27.6. The zero-order chi connectivity index (χ0) is 17.6. The predicted molar refractivity (Wildman–Crippen MR) is 90.3 cm³/mol. The first-order chi connectivity index (χ1) is 11.9. The van der Waals surface area contributed by atoms with Crippen molar-refractivity contribution in [1.82, 2.24) is 14.8 Å². The molecule has 3 aromatic rings. The molecule has 0 saturated heterocycles. The topological polar surface area (TPSA) is 47.8 Å². The summed E-state index contributed by atoms with van der Waals surface area (Å²) in [6.07, 6.45) is 4.90. The predicted octanol–water partition coefficient (Wildman–Crippen LogP) is 3.79. The van der Waals surface area contributed by atoms with Crippen LogP contribution in [0.3, 0.4) is 0 Å². The van der Waals surface area contributed by atoms with E-state index in [2.05, 4.69) is 10.1 Å². The zero-order valence-corrected chi connectivity index (χ0v) is 13.7. The van der Waals surface area contributed by atoms with Gasteiger partial charge in [-0.1, -0.05) is 12.1 Å². The van der Waals surface area contributed by atoms with E-state index in [4.69, 9.17) is 0 Å². The van der Waals surface area contributed by atoms with Crippen molar-refractivity contribution in [2.24, 2.45) is 13.0 Å². The Bertz CT molecular complexity index is 956. The molecule has 1 aromatic carbocycles. The first-order valence-corrected chi connectivity index (χ1v) is 8.18. The fraction of sp³-hybridized carbons (Fsp3) is 0.316. The minimum atomic E-state index is -2.67. The molecule has 0 N–H and O–H groups in total. The Morgan fingerprint density at radius 1 is 1.20 bits per heavy atom. The first kappa shape index (κ1) is 15.9. The lowest BCUT2D eigenvalue weighted by molar-refractivity contribution is -0.147. The van der Waals surface area contributed by atoms with Crippen molar-refractivity contribution in [3.63, 3.8) is 0 Å². The third kappa shape index (κ3) is 3.16. The van der Waals surface area contributed by atoms with Gasteiger partial charge in [-0.05, 0) is 23.1 Å². The van der Waals surface area contributed by atoms with Crippen LogP contribution in [0.2, 0.25) is 0 Å². The Labute approximate surface area is 143 Å². The van der Waals surface area contributed by atoms with Crippen molar-refractivity contribution in [3.8, 4) is 11.1 Å². The van der Waals surface area contributed by atoms with Crippen LogP contribution in [0.4, 0.5) is 8.78 Å². The molecule has 1 saturated carbocycles. The molecule has 1 aliphatic carbocycles. The molecule has 0 atom stereocenters. The van der Waals surface area contributed by atoms with Gasteiger partial charge in [0.1, 0.15) is 5.78 Å². The maximum atomic E-state index is 12.9. The summed E-state index contributed by atoms with van der Waals surface area (Å²) in [6.45, 7) is 0. The van der Waals surface area contributed by atoms with Crippen molar-refractivity contribution in [2.75, 3.05) is 0 Å². The Balaban J connectivity index is 1.57. The van der Waals surface area contributed by atoms with Crippen LogP contribution < -0.4 is 0 Å². The molecule has 2 aromatic heterocycles. The highest BCUT2D eigenvalue weighted by Crippen LogP contribution is 2.43. The molecule has 25 heavy (non-hydrogen) atoms. The van der Waals surface area contributed by atoms with Gasteiger partial charge in [-0.2, -0.15) is 5.10 Å². The van der Waals surface area contributed by atoms with Crippen molar-refractivity contribution in [2.45, 2.75) is 25.2 Å². The number of pyridine rings is 1. The summed E-state index contributed by atoms with van der Waals surface area (Å²) in [5, 5.41) is 6.12. The van der Waals surface area contributed by atoms with Crippen molar-refractivity contribution in [1.29, 1.82) is 0 Å². The quantitative estimate of drug-likeness (QED) is 0.725. The van der Waals surface area contributed by atoms with Crippen molar-refractivity contribution >= 4 is 16.6 Å². The fourth-order valence-corrected chi connectivity index (χ4v) is 3.24. The van der Waals surface area contributed by atoms with Crippen molar-refractivity contribution < 1.29 is 13.6 Å². The van der Waals surface area contributed by atoms with Gasteiger partial charge in [0.2, 0.25) is 5.92 Å². The first-order valence-electron chi connectivity index (χ1n) is 8.18. The molecule has 128 valence electrons. The number of Topliss-reactive ketones (excluding diaryl/α,β-unsaturated/α-hetero) is 1. The standard InChI is InChI=1S/C19H17F2N3O/c1-24-11-16(10-23-24)12-2-3-13-9-22-17(5-14(13)4-12)6-18(25)15-7-19(20,21)8-15/h2-5,9-11,15H,6-8H2,1H3. The van der Waals surface area contributed by atoms with Gasteiger partial charge in [0, 0.05) is 61.3 Å². The maximum absolute atomic E-state index is 12.9. The highest BCUT2D eigenvalue weighted by Gasteiger charge is 2.48. The van der Waals surface area contributed by atoms with Crippen LogP contribution in [0.1, 0.15) is 18.5 Å². The van der Waals surface area contributed by atoms with Gasteiger partial charge in [-0.3, -0.25) is 14.5 Å². The maximum Gasteiger partial charge on any atom is 0.249 e. The summed E-state index contributed by atoms with van der Waals surface area (Å²) >= 11 is 0. The van der Waals surface area contributed by atoms with Gasteiger partial charge < -0.3 is 0 Å². The van der Waals surface area contributed by atoms with Crippen LogP contribution >= 0.6 is 0 Å². The normalized spacial score (nSPS) is 16.8. The lowest BCUT2D eigenvalue weighted by atomic mass is 9.77. The third-order valence-corrected chi connectivity index (χ3v) is 4.72. The number of rotatable bonds is 4. The number of benzene rings is 1. The molecule has 0 aliphatic heterocycles. The highest BCUT2D eigenvalue weighted by atomic mass is 19.3. The Hall–Kier alpha value is -2.63. The van der Waals surface area contributed by atoms with E-state index in [1.165, 1.54) is 0 Å². The van der Waals surface area contributed by atoms with Gasteiger partial charge in [0.25, 0.3) is 0 Å². The molecule has 1 fully saturated rings. The molecule has 0 amide bonds. The molecule has 0 radical (unpaired) electrons. The van der Waals surface area contributed by atoms with E-state index in [-0.39, 0.29) is 25.0 Å². The van der Waals surface area contributed by atoms with Crippen LogP contribution in [-0.2, 0) is 18.3 Å². The second kappa shape index (κ2) is 5.72. The van der Waals surface area contributed by atoms with E-state index in [0.29, 0.717) is 5.69 Å². The van der Waals surface area contributed by atoms with Crippen LogP contribution in [0.5, 0.6) is 0 Å². The summed E-state index contributed by atoms with van der Waals surface area (Å²) in [4.78, 5) is 16.4. The zero-order valence-electron chi connectivity index (χ0n) is 13.7. The van der Waals surface area contributed by atoms with Crippen LogP contribution in [0.15, 0.2) is 42.9 Å². The van der Waals surface area contributed by atoms with E-state index >= 15 is 0 Å². The molecule has 2 heterocycles.